The van der Waals surface area contributed by atoms with Crippen molar-refractivity contribution in [3.05, 3.63) is 106 Å². The molecule has 2 atom stereocenters. The lowest BCUT2D eigenvalue weighted by atomic mass is 9.93. The van der Waals surface area contributed by atoms with Gasteiger partial charge in [-0.3, -0.25) is 18.9 Å². The maximum atomic E-state index is 15.5. The number of fused-ring (bicyclic) bond motifs is 2. The van der Waals surface area contributed by atoms with E-state index in [9.17, 15) is 35.9 Å². The second-order valence-corrected chi connectivity index (χ2v) is 16.0. The number of anilines is 1. The predicted octanol–water partition coefficient (Wildman–Crippen LogP) is 6.25. The molecule has 1 aliphatic carbocycles. The molecular formula is C38H35ClF6N8O4S. The summed E-state index contributed by atoms with van der Waals surface area (Å²) in [5.41, 5.74) is -2.73. The van der Waals surface area contributed by atoms with Crippen molar-refractivity contribution < 1.29 is 44.7 Å². The summed E-state index contributed by atoms with van der Waals surface area (Å²) in [4.78, 5) is 18.7. The summed E-state index contributed by atoms with van der Waals surface area (Å²) >= 11 is 6.59. The minimum Gasteiger partial charge on any atom is -0.378 e. The van der Waals surface area contributed by atoms with Gasteiger partial charge < -0.3 is 10.4 Å². The maximum absolute atomic E-state index is 15.5. The smallest absolute Gasteiger partial charge is 0.300 e. The molecule has 0 bridgehead atoms. The number of aromatic nitrogens is 5. The maximum Gasteiger partial charge on any atom is 0.300 e. The number of amides is 1. The number of pyridine rings is 1. The Kier molecular flexibility index (Phi) is 11.4. The molecule has 3 aromatic heterocycles. The summed E-state index contributed by atoms with van der Waals surface area (Å²) < 4.78 is 120. The number of aliphatic hydroxyl groups is 1. The molecule has 306 valence electrons. The fourth-order valence-electron chi connectivity index (χ4n) is 6.79. The van der Waals surface area contributed by atoms with Crippen molar-refractivity contribution in [1.82, 2.24) is 34.6 Å². The molecule has 0 radical (unpaired) electrons. The zero-order valence-electron chi connectivity index (χ0n) is 31.1. The summed E-state index contributed by atoms with van der Waals surface area (Å²) in [5.74, 6) is -2.91. The molecule has 5 aromatic rings. The van der Waals surface area contributed by atoms with Crippen LogP contribution in [0.4, 0.5) is 32.2 Å². The second kappa shape index (κ2) is 15.7. The van der Waals surface area contributed by atoms with Crippen molar-refractivity contribution in [2.75, 3.05) is 11.8 Å². The van der Waals surface area contributed by atoms with Crippen LogP contribution in [0.15, 0.2) is 55.1 Å². The second-order valence-electron chi connectivity index (χ2n) is 14.0. The normalized spacial score (nSPS) is 15.6. The fraction of sp³-hybridized carbons (Fsp3) is 0.316. The molecule has 2 aromatic carbocycles. The van der Waals surface area contributed by atoms with E-state index in [0.29, 0.717) is 16.3 Å². The van der Waals surface area contributed by atoms with Crippen molar-refractivity contribution >= 4 is 44.4 Å². The van der Waals surface area contributed by atoms with E-state index < -0.39 is 87.6 Å². The number of allylic oxidation sites excluding steroid dienone is 1. The van der Waals surface area contributed by atoms with Crippen molar-refractivity contribution in [2.45, 2.75) is 57.2 Å². The molecule has 0 saturated carbocycles. The minimum atomic E-state index is -4.08. The van der Waals surface area contributed by atoms with Gasteiger partial charge in [-0.25, -0.2) is 27.3 Å². The number of carbonyl (C=O) groups excluding carboxylic acids is 1. The van der Waals surface area contributed by atoms with Crippen molar-refractivity contribution in [1.29, 1.82) is 0 Å². The van der Waals surface area contributed by atoms with Gasteiger partial charge in [-0.05, 0) is 68.5 Å². The highest BCUT2D eigenvalue weighted by Crippen LogP contribution is 2.49. The van der Waals surface area contributed by atoms with Crippen molar-refractivity contribution in [3.63, 3.8) is 0 Å². The van der Waals surface area contributed by atoms with Gasteiger partial charge in [-0.2, -0.15) is 27.4 Å². The first-order valence-corrected chi connectivity index (χ1v) is 19.2. The number of rotatable bonds is 12. The van der Waals surface area contributed by atoms with E-state index in [4.69, 9.17) is 16.6 Å². The van der Waals surface area contributed by atoms with E-state index in [2.05, 4.69) is 43.4 Å². The summed E-state index contributed by atoms with van der Waals surface area (Å²) in [6.45, 7) is 5.28. The quantitative estimate of drug-likeness (QED) is 0.0658. The number of alkyl halides is 4. The SMILES string of the molecule is C=CC1Cc2c(C(F)F)nn(CC(=O)NC(Cc3cc(F)cc(F)c3)c3nc(C#CC(C)(C)O)ccc3-c3ccc(Cl)c4c(NS(=O)(=O)NC)nn(C)c34)c2C1(F)F. The lowest BCUT2D eigenvalue weighted by Crippen LogP contribution is -2.35. The summed E-state index contributed by atoms with van der Waals surface area (Å²) in [6, 6.07) is 7.33. The van der Waals surface area contributed by atoms with Crippen LogP contribution in [-0.4, -0.2) is 56.6 Å². The largest absolute Gasteiger partial charge is 0.378 e. The van der Waals surface area contributed by atoms with Gasteiger partial charge in [0.2, 0.25) is 5.91 Å². The number of hydrogen-bond donors (Lipinski definition) is 4. The molecule has 0 saturated heterocycles. The van der Waals surface area contributed by atoms with Gasteiger partial charge in [0, 0.05) is 36.9 Å². The fourth-order valence-corrected chi connectivity index (χ4v) is 7.53. The Morgan fingerprint density at radius 1 is 1.12 bits per heavy atom. The molecule has 3 heterocycles. The van der Waals surface area contributed by atoms with E-state index in [1.807, 2.05) is 0 Å². The Morgan fingerprint density at radius 3 is 2.41 bits per heavy atom. The zero-order valence-corrected chi connectivity index (χ0v) is 32.7. The Bertz CT molecular complexity index is 2610. The molecule has 58 heavy (non-hydrogen) atoms. The first kappa shape index (κ1) is 42.2. The average molecular weight is 849 g/mol. The van der Waals surface area contributed by atoms with E-state index in [-0.39, 0.29) is 50.7 Å². The van der Waals surface area contributed by atoms with Gasteiger partial charge in [0.05, 0.1) is 33.6 Å². The molecule has 0 fully saturated rings. The lowest BCUT2D eigenvalue weighted by Gasteiger charge is -2.23. The Hall–Kier alpha value is -5.42. The minimum absolute atomic E-state index is 0.00115. The number of benzene rings is 2. The molecule has 4 N–H and O–H groups in total. The van der Waals surface area contributed by atoms with Gasteiger partial charge >= 0.3 is 0 Å². The highest BCUT2D eigenvalue weighted by Gasteiger charge is 2.52. The van der Waals surface area contributed by atoms with Crippen LogP contribution in [0.3, 0.4) is 0 Å². The van der Waals surface area contributed by atoms with Crippen LogP contribution >= 0.6 is 11.6 Å². The van der Waals surface area contributed by atoms with Crippen LogP contribution in [-0.2, 0) is 47.4 Å². The van der Waals surface area contributed by atoms with Gasteiger partial charge in [-0.1, -0.05) is 29.7 Å². The summed E-state index contributed by atoms with van der Waals surface area (Å²) in [7, 11) is -1.39. The molecule has 1 aliphatic rings. The number of nitrogens with zero attached hydrogens (tertiary/aromatic N) is 5. The highest BCUT2D eigenvalue weighted by molar-refractivity contribution is 7.90. The molecular weight excluding hydrogens is 814 g/mol. The number of nitrogens with one attached hydrogen (secondary N) is 3. The van der Waals surface area contributed by atoms with Crippen LogP contribution in [0, 0.1) is 29.4 Å². The third kappa shape index (κ3) is 8.55. The predicted molar refractivity (Wildman–Crippen MR) is 203 cm³/mol. The van der Waals surface area contributed by atoms with Crippen LogP contribution < -0.4 is 14.8 Å². The Balaban J connectivity index is 1.54. The van der Waals surface area contributed by atoms with Crippen molar-refractivity contribution in [3.8, 4) is 23.0 Å². The van der Waals surface area contributed by atoms with Crippen LogP contribution in [0.25, 0.3) is 22.0 Å². The first-order valence-electron chi connectivity index (χ1n) is 17.4. The monoisotopic (exact) mass is 848 g/mol. The molecule has 2 unspecified atom stereocenters. The lowest BCUT2D eigenvalue weighted by molar-refractivity contribution is -0.123. The molecule has 12 nitrogen and oxygen atoms in total. The third-order valence-corrected chi connectivity index (χ3v) is 10.6. The van der Waals surface area contributed by atoms with Crippen LogP contribution in [0.5, 0.6) is 0 Å². The Labute approximate surface area is 333 Å². The van der Waals surface area contributed by atoms with Gasteiger partial charge in [0.1, 0.15) is 40.9 Å². The zero-order chi connectivity index (χ0) is 42.5. The van der Waals surface area contributed by atoms with Gasteiger partial charge in [0.15, 0.2) is 5.82 Å². The van der Waals surface area contributed by atoms with Crippen LogP contribution in [0.2, 0.25) is 5.02 Å². The van der Waals surface area contributed by atoms with Gasteiger partial charge in [-0.15, -0.1) is 6.58 Å². The standard InChI is InChI=1S/C38H35ClF6N8O4S/c1-6-20-16-26-32(35(42)43)49-53(34(26)38(20,44)45)18-29(54)48-28(15-19-13-21(40)17-22(41)14-19)31-24(8-7-23(47-31)11-12-37(2,3)55)25-9-10-27(39)30-33(25)52(5)50-36(30)51-58(56,57)46-4/h6-10,13-14,17,20,28,35,46,55H,1,15-16,18H2,2-5H3,(H,48,54)(H,50,51). The third-order valence-electron chi connectivity index (χ3n) is 9.25. The number of aryl methyl sites for hydroxylation is 1. The molecule has 0 aliphatic heterocycles. The van der Waals surface area contributed by atoms with Crippen molar-refractivity contribution in [2.24, 2.45) is 13.0 Å². The molecule has 0 spiro atoms. The number of hydrogen-bond acceptors (Lipinski definition) is 7. The summed E-state index contributed by atoms with van der Waals surface area (Å²) in [6.07, 6.45) is -3.13. The van der Waals surface area contributed by atoms with E-state index in [1.165, 1.54) is 44.8 Å². The van der Waals surface area contributed by atoms with E-state index >= 15 is 8.78 Å². The van der Waals surface area contributed by atoms with E-state index in [0.717, 1.165) is 18.2 Å². The Morgan fingerprint density at radius 2 is 1.79 bits per heavy atom. The van der Waals surface area contributed by atoms with Gasteiger partial charge in [0.25, 0.3) is 22.6 Å². The summed E-state index contributed by atoms with van der Waals surface area (Å²) in [5, 5.41) is 21.3. The van der Waals surface area contributed by atoms with E-state index in [1.54, 1.807) is 12.1 Å². The molecule has 6 rings (SSSR count). The molecule has 20 heteroatoms. The van der Waals surface area contributed by atoms with Crippen LogP contribution in [0.1, 0.15) is 60.2 Å². The number of halogens is 7. The number of carbonyl (C=O) groups is 1. The average Bonchev–Trinajstić information content (AvgIpc) is 3.74. The topological polar surface area (TPSA) is 156 Å². The highest BCUT2D eigenvalue weighted by atomic mass is 35.5. The molecule has 1 amide bonds. The first-order chi connectivity index (χ1) is 27.1.